The lowest BCUT2D eigenvalue weighted by Gasteiger charge is -2.23. The van der Waals surface area contributed by atoms with E-state index in [2.05, 4.69) is 10.6 Å². The van der Waals surface area contributed by atoms with Gasteiger partial charge in [-0.1, -0.05) is 72.8 Å². The molecule has 0 aliphatic rings. The Morgan fingerprint density at radius 3 is 1.65 bits per heavy atom. The molecule has 4 rings (SSSR count). The highest BCUT2D eigenvalue weighted by atomic mass is 16.5. The fourth-order valence-corrected chi connectivity index (χ4v) is 3.78. The Hall–Kier alpha value is -4.70. The highest BCUT2D eigenvalue weighted by Gasteiger charge is 2.56. The zero-order valence-electron chi connectivity index (χ0n) is 18.4. The van der Waals surface area contributed by atoms with E-state index < -0.39 is 23.2 Å². The van der Waals surface area contributed by atoms with Gasteiger partial charge in [-0.3, -0.25) is 9.59 Å². The number of nitrogens with zero attached hydrogens (tertiary/aromatic N) is 1. The Kier molecular flexibility index (Phi) is 6.24. The third kappa shape index (κ3) is 3.93. The summed E-state index contributed by atoms with van der Waals surface area (Å²) >= 11 is 0. The molecule has 0 saturated heterocycles. The molecule has 0 aromatic heterocycles. The summed E-state index contributed by atoms with van der Waals surface area (Å²) < 4.78 is 5.01. The van der Waals surface area contributed by atoms with E-state index in [1.54, 1.807) is 54.6 Å². The highest BCUT2D eigenvalue weighted by Crippen LogP contribution is 2.30. The predicted molar refractivity (Wildman–Crippen MR) is 130 cm³/mol. The van der Waals surface area contributed by atoms with Crippen molar-refractivity contribution in [3.63, 3.8) is 0 Å². The summed E-state index contributed by atoms with van der Waals surface area (Å²) in [5, 5.41) is 18.3. The second-order valence-corrected chi connectivity index (χ2v) is 7.54. The maximum absolute atomic E-state index is 13.4. The minimum atomic E-state index is -2.76. The van der Waals surface area contributed by atoms with Gasteiger partial charge in [-0.05, 0) is 29.8 Å². The van der Waals surface area contributed by atoms with Crippen molar-refractivity contribution in [1.82, 2.24) is 0 Å². The standard InChI is InChI=1S/C27H21N3O4/c1-2-34-26(33)27(17-28,24(31)29-22-15-7-11-18-9-3-5-13-20(18)22)25(32)30-23-16-8-12-19-10-4-6-14-21(19)23/h3-16H,2H2,1H3,(H,29,31)(H,30,32). The maximum Gasteiger partial charge on any atom is 0.346 e. The van der Waals surface area contributed by atoms with Gasteiger partial charge in [0.25, 0.3) is 11.8 Å². The van der Waals surface area contributed by atoms with Crippen molar-refractivity contribution in [1.29, 1.82) is 5.26 Å². The van der Waals surface area contributed by atoms with Gasteiger partial charge in [0, 0.05) is 22.1 Å². The number of anilines is 2. The van der Waals surface area contributed by atoms with E-state index in [-0.39, 0.29) is 6.61 Å². The summed E-state index contributed by atoms with van der Waals surface area (Å²) in [4.78, 5) is 39.8. The van der Waals surface area contributed by atoms with Crippen molar-refractivity contribution in [3.05, 3.63) is 84.9 Å². The molecule has 0 fully saturated rings. The predicted octanol–water partition coefficient (Wildman–Crippen LogP) is 4.64. The Balaban J connectivity index is 1.75. The third-order valence-corrected chi connectivity index (χ3v) is 5.51. The smallest absolute Gasteiger partial charge is 0.346 e. The van der Waals surface area contributed by atoms with Crippen molar-refractivity contribution in [2.24, 2.45) is 5.41 Å². The first-order valence-electron chi connectivity index (χ1n) is 10.7. The van der Waals surface area contributed by atoms with Crippen molar-refractivity contribution in [2.75, 3.05) is 17.2 Å². The molecule has 2 amide bonds. The summed E-state index contributed by atoms with van der Waals surface area (Å²) in [6, 6.07) is 26.7. The molecule has 34 heavy (non-hydrogen) atoms. The summed E-state index contributed by atoms with van der Waals surface area (Å²) in [6.07, 6.45) is 0. The second kappa shape index (κ2) is 9.43. The molecular weight excluding hydrogens is 430 g/mol. The van der Waals surface area contributed by atoms with E-state index >= 15 is 0 Å². The number of rotatable bonds is 6. The molecule has 0 bridgehead atoms. The first-order valence-corrected chi connectivity index (χ1v) is 10.7. The number of carbonyl (C=O) groups excluding carboxylic acids is 3. The van der Waals surface area contributed by atoms with Crippen LogP contribution in [0.15, 0.2) is 84.9 Å². The molecule has 2 N–H and O–H groups in total. The number of amides is 2. The number of fused-ring (bicyclic) bond motifs is 2. The van der Waals surface area contributed by atoms with Crippen LogP contribution in [-0.4, -0.2) is 24.4 Å². The largest absolute Gasteiger partial charge is 0.464 e. The van der Waals surface area contributed by atoms with Gasteiger partial charge in [-0.15, -0.1) is 0 Å². The van der Waals surface area contributed by atoms with Crippen LogP contribution in [0.1, 0.15) is 6.92 Å². The quantitative estimate of drug-likeness (QED) is 0.328. The number of benzene rings is 4. The maximum atomic E-state index is 13.4. The Morgan fingerprint density at radius 2 is 1.21 bits per heavy atom. The summed E-state index contributed by atoms with van der Waals surface area (Å²) in [5.41, 5.74) is -2.03. The first-order chi connectivity index (χ1) is 16.5. The Bertz CT molecular complexity index is 1350. The van der Waals surface area contributed by atoms with E-state index in [4.69, 9.17) is 4.74 Å². The van der Waals surface area contributed by atoms with Gasteiger partial charge in [0.05, 0.1) is 6.61 Å². The Labute approximate surface area is 195 Å². The molecule has 168 valence electrons. The van der Waals surface area contributed by atoms with E-state index in [9.17, 15) is 19.6 Å². The van der Waals surface area contributed by atoms with Gasteiger partial charge in [-0.25, -0.2) is 4.79 Å². The fourth-order valence-electron chi connectivity index (χ4n) is 3.78. The van der Waals surface area contributed by atoms with Gasteiger partial charge >= 0.3 is 11.4 Å². The van der Waals surface area contributed by atoms with E-state index in [1.165, 1.54) is 6.92 Å². The van der Waals surface area contributed by atoms with Crippen LogP contribution in [0.2, 0.25) is 0 Å². The Morgan fingerprint density at radius 1 is 0.765 bits per heavy atom. The third-order valence-electron chi connectivity index (χ3n) is 5.51. The van der Waals surface area contributed by atoms with Crippen LogP contribution in [0.4, 0.5) is 11.4 Å². The number of esters is 1. The number of hydrogen-bond donors (Lipinski definition) is 2. The van der Waals surface area contributed by atoms with Crippen LogP contribution >= 0.6 is 0 Å². The summed E-state index contributed by atoms with van der Waals surface area (Å²) in [5.74, 6) is -3.43. The molecule has 0 saturated carbocycles. The van der Waals surface area contributed by atoms with Crippen LogP contribution < -0.4 is 10.6 Å². The van der Waals surface area contributed by atoms with Crippen molar-refractivity contribution >= 4 is 50.7 Å². The number of hydrogen-bond acceptors (Lipinski definition) is 5. The number of ether oxygens (including phenoxy) is 1. The van der Waals surface area contributed by atoms with Crippen LogP contribution in [0.25, 0.3) is 21.5 Å². The van der Waals surface area contributed by atoms with E-state index in [1.807, 2.05) is 36.4 Å². The van der Waals surface area contributed by atoms with Gasteiger partial charge in [0.1, 0.15) is 6.07 Å². The zero-order valence-corrected chi connectivity index (χ0v) is 18.4. The number of nitriles is 1. The molecule has 7 heteroatoms. The fraction of sp³-hybridized carbons (Fsp3) is 0.111. The van der Waals surface area contributed by atoms with Gasteiger partial charge < -0.3 is 15.4 Å². The zero-order chi connectivity index (χ0) is 24.1. The van der Waals surface area contributed by atoms with Crippen LogP contribution in [0, 0.1) is 16.7 Å². The lowest BCUT2D eigenvalue weighted by atomic mass is 9.86. The van der Waals surface area contributed by atoms with Crippen molar-refractivity contribution < 1.29 is 19.1 Å². The molecule has 0 aliphatic heterocycles. The van der Waals surface area contributed by atoms with Crippen LogP contribution in [0.3, 0.4) is 0 Å². The molecule has 4 aromatic carbocycles. The lowest BCUT2D eigenvalue weighted by molar-refractivity contribution is -0.158. The lowest BCUT2D eigenvalue weighted by Crippen LogP contribution is -2.52. The van der Waals surface area contributed by atoms with Gasteiger partial charge in [-0.2, -0.15) is 5.26 Å². The molecule has 0 heterocycles. The SMILES string of the molecule is CCOC(=O)C(C#N)(C(=O)Nc1cccc2ccccc12)C(=O)Nc1cccc2ccccc12. The van der Waals surface area contributed by atoms with Crippen molar-refractivity contribution in [3.8, 4) is 6.07 Å². The minimum Gasteiger partial charge on any atom is -0.464 e. The van der Waals surface area contributed by atoms with Crippen molar-refractivity contribution in [2.45, 2.75) is 6.92 Å². The second-order valence-electron chi connectivity index (χ2n) is 7.54. The molecule has 0 aliphatic carbocycles. The molecule has 0 atom stereocenters. The van der Waals surface area contributed by atoms with Gasteiger partial charge in [0.15, 0.2) is 0 Å². The molecule has 4 aromatic rings. The molecule has 7 nitrogen and oxygen atoms in total. The average Bonchev–Trinajstić information content (AvgIpc) is 2.85. The van der Waals surface area contributed by atoms with Gasteiger partial charge in [0.2, 0.25) is 0 Å². The number of carbonyl (C=O) groups is 3. The van der Waals surface area contributed by atoms with E-state index in [0.717, 1.165) is 10.8 Å². The topological polar surface area (TPSA) is 108 Å². The number of nitrogens with one attached hydrogen (secondary N) is 2. The normalized spacial score (nSPS) is 10.9. The molecule has 0 radical (unpaired) electrons. The highest BCUT2D eigenvalue weighted by molar-refractivity contribution is 6.30. The monoisotopic (exact) mass is 451 g/mol. The summed E-state index contributed by atoms with van der Waals surface area (Å²) in [6.45, 7) is 1.43. The minimum absolute atomic E-state index is 0.106. The first kappa shape index (κ1) is 22.5. The average molecular weight is 451 g/mol. The van der Waals surface area contributed by atoms with Crippen LogP contribution in [0.5, 0.6) is 0 Å². The molecule has 0 unspecified atom stereocenters. The summed E-state index contributed by atoms with van der Waals surface area (Å²) in [7, 11) is 0. The van der Waals surface area contributed by atoms with E-state index in [0.29, 0.717) is 22.1 Å². The molecular formula is C27H21N3O4. The molecule has 0 spiro atoms. The van der Waals surface area contributed by atoms with Crippen LogP contribution in [-0.2, 0) is 19.1 Å².